The fourth-order valence-corrected chi connectivity index (χ4v) is 2.96. The van der Waals surface area contributed by atoms with E-state index >= 15 is 0 Å². The van der Waals surface area contributed by atoms with Gasteiger partial charge in [0.1, 0.15) is 19.0 Å². The molecule has 0 spiro atoms. The van der Waals surface area contributed by atoms with Gasteiger partial charge >= 0.3 is 6.18 Å². The van der Waals surface area contributed by atoms with E-state index in [4.69, 9.17) is 4.74 Å². The first-order chi connectivity index (χ1) is 12.5. The van der Waals surface area contributed by atoms with Crippen molar-refractivity contribution in [2.75, 3.05) is 19.8 Å². The molecular weight excluding hydrogens is 367 g/mol. The van der Waals surface area contributed by atoms with Gasteiger partial charge in [-0.2, -0.15) is 13.2 Å². The van der Waals surface area contributed by atoms with Gasteiger partial charge in [-0.3, -0.25) is 4.98 Å². The summed E-state index contributed by atoms with van der Waals surface area (Å²) in [6.07, 6.45) is -2.72. The van der Waals surface area contributed by atoms with Gasteiger partial charge in [-0.05, 0) is 18.2 Å². The number of fused-ring (bicyclic) bond motifs is 1. The average Bonchev–Trinajstić information content (AvgIpc) is 3.02. The second kappa shape index (κ2) is 8.41. The quantitative estimate of drug-likeness (QED) is 0.466. The predicted molar refractivity (Wildman–Crippen MR) is 92.3 cm³/mol. The minimum Gasteiger partial charge on any atom is -0.491 e. The zero-order valence-electron chi connectivity index (χ0n) is 13.6. The highest BCUT2D eigenvalue weighted by Gasteiger charge is 2.27. The molecule has 0 amide bonds. The van der Waals surface area contributed by atoms with Gasteiger partial charge in [0.05, 0.1) is 23.3 Å². The molecule has 0 saturated heterocycles. The van der Waals surface area contributed by atoms with Crippen LogP contribution in [0.25, 0.3) is 11.0 Å². The van der Waals surface area contributed by atoms with Crippen molar-refractivity contribution in [2.24, 2.45) is 0 Å². The molecule has 0 bridgehead atoms. The largest absolute Gasteiger partial charge is 0.491 e. The Labute approximate surface area is 151 Å². The Bertz CT molecular complexity index is 821. The normalized spacial score (nSPS) is 11.8. The first-order valence-corrected chi connectivity index (χ1v) is 8.78. The maximum atomic E-state index is 12.0. The summed E-state index contributed by atoms with van der Waals surface area (Å²) < 4.78 is 45.8. The van der Waals surface area contributed by atoms with Crippen LogP contribution in [-0.4, -0.2) is 40.9 Å². The van der Waals surface area contributed by atoms with E-state index in [0.717, 1.165) is 21.9 Å². The molecule has 0 aliphatic carbocycles. The molecule has 5 nitrogen and oxygen atoms in total. The van der Waals surface area contributed by atoms with Crippen LogP contribution in [0.5, 0.6) is 5.75 Å². The second-order valence-electron chi connectivity index (χ2n) is 5.35. The van der Waals surface area contributed by atoms with E-state index in [1.807, 2.05) is 24.3 Å². The maximum absolute atomic E-state index is 12.0. The van der Waals surface area contributed by atoms with E-state index in [0.29, 0.717) is 11.5 Å². The fraction of sp³-hybridized carbons (Fsp3) is 0.294. The lowest BCUT2D eigenvalue weighted by Gasteiger charge is -2.09. The number of hydrogen-bond donors (Lipinski definition) is 1. The van der Waals surface area contributed by atoms with Crippen LogP contribution in [0, 0.1) is 0 Å². The van der Waals surface area contributed by atoms with Crippen LogP contribution in [0.1, 0.15) is 5.69 Å². The number of thioether (sulfide) groups is 1. The number of nitrogens with one attached hydrogen (secondary N) is 1. The number of rotatable bonds is 8. The topological polar surface area (TPSA) is 60.0 Å². The zero-order chi connectivity index (χ0) is 18.4. The third-order valence-corrected chi connectivity index (χ3v) is 4.18. The van der Waals surface area contributed by atoms with Crippen molar-refractivity contribution >= 4 is 22.8 Å². The number of alkyl halides is 3. The molecule has 0 saturated carbocycles. The number of hydrogen-bond acceptors (Lipinski definition) is 5. The van der Waals surface area contributed by atoms with Crippen molar-refractivity contribution in [2.45, 2.75) is 17.1 Å². The molecule has 0 radical (unpaired) electrons. The number of ether oxygens (including phenoxy) is 2. The predicted octanol–water partition coefficient (Wildman–Crippen LogP) is 4.21. The van der Waals surface area contributed by atoms with Crippen LogP contribution < -0.4 is 4.74 Å². The van der Waals surface area contributed by atoms with Crippen molar-refractivity contribution in [3.63, 3.8) is 0 Å². The Morgan fingerprint density at radius 3 is 2.77 bits per heavy atom. The lowest BCUT2D eigenvalue weighted by Crippen LogP contribution is -2.19. The molecule has 3 rings (SSSR count). The number of aromatic amines is 1. The summed E-state index contributed by atoms with van der Waals surface area (Å²) in [6, 6.07) is 11.2. The lowest BCUT2D eigenvalue weighted by atomic mass is 10.3. The van der Waals surface area contributed by atoms with Crippen LogP contribution in [0.2, 0.25) is 0 Å². The Kier molecular flexibility index (Phi) is 6.00. The van der Waals surface area contributed by atoms with Gasteiger partial charge in [0.2, 0.25) is 0 Å². The number of imidazole rings is 1. The monoisotopic (exact) mass is 383 g/mol. The number of nitrogens with zero attached hydrogens (tertiary/aromatic N) is 2. The van der Waals surface area contributed by atoms with E-state index < -0.39 is 12.8 Å². The van der Waals surface area contributed by atoms with Crippen LogP contribution in [0.3, 0.4) is 0 Å². The van der Waals surface area contributed by atoms with Gasteiger partial charge in [0, 0.05) is 18.0 Å². The molecule has 0 fully saturated rings. The molecule has 26 heavy (non-hydrogen) atoms. The second-order valence-corrected chi connectivity index (χ2v) is 6.31. The number of halogens is 3. The highest BCUT2D eigenvalue weighted by atomic mass is 32.2. The minimum absolute atomic E-state index is 0.0379. The first kappa shape index (κ1) is 18.5. The molecule has 0 unspecified atom stereocenters. The maximum Gasteiger partial charge on any atom is 0.411 e. The van der Waals surface area contributed by atoms with E-state index in [1.54, 1.807) is 18.3 Å². The molecule has 0 aliphatic heterocycles. The summed E-state index contributed by atoms with van der Waals surface area (Å²) in [6.45, 7) is -1.37. The Morgan fingerprint density at radius 2 is 1.96 bits per heavy atom. The molecule has 1 N–H and O–H groups in total. The van der Waals surface area contributed by atoms with Crippen molar-refractivity contribution in [3.8, 4) is 5.75 Å². The summed E-state index contributed by atoms with van der Waals surface area (Å²) in [4.78, 5) is 12.0. The summed E-state index contributed by atoms with van der Waals surface area (Å²) in [5, 5.41) is 0.792. The fourth-order valence-electron chi connectivity index (χ4n) is 2.17. The number of pyridine rings is 1. The third kappa shape index (κ3) is 5.63. The van der Waals surface area contributed by atoms with Gasteiger partial charge in [-0.25, -0.2) is 4.98 Å². The molecule has 9 heteroatoms. The highest BCUT2D eigenvalue weighted by Crippen LogP contribution is 2.23. The van der Waals surface area contributed by atoms with Gasteiger partial charge in [-0.15, -0.1) is 0 Å². The van der Waals surface area contributed by atoms with E-state index in [-0.39, 0.29) is 13.2 Å². The molecule has 0 atom stereocenters. The lowest BCUT2D eigenvalue weighted by molar-refractivity contribution is -0.175. The molecule has 2 aromatic heterocycles. The van der Waals surface area contributed by atoms with Gasteiger partial charge in [-0.1, -0.05) is 23.9 Å². The smallest absolute Gasteiger partial charge is 0.411 e. The van der Waals surface area contributed by atoms with Crippen molar-refractivity contribution in [1.29, 1.82) is 0 Å². The van der Waals surface area contributed by atoms with E-state index in [1.165, 1.54) is 11.8 Å². The summed E-state index contributed by atoms with van der Waals surface area (Å²) >= 11 is 1.51. The Morgan fingerprint density at radius 1 is 1.12 bits per heavy atom. The van der Waals surface area contributed by atoms with Crippen LogP contribution >= 0.6 is 11.8 Å². The molecule has 3 aromatic rings. The van der Waals surface area contributed by atoms with Crippen LogP contribution in [0.4, 0.5) is 13.2 Å². The van der Waals surface area contributed by atoms with Crippen molar-refractivity contribution in [1.82, 2.24) is 15.0 Å². The zero-order valence-corrected chi connectivity index (χ0v) is 14.4. The number of benzene rings is 1. The van der Waals surface area contributed by atoms with Gasteiger partial charge in [0.25, 0.3) is 0 Å². The summed E-state index contributed by atoms with van der Waals surface area (Å²) in [5.41, 5.74) is 2.65. The van der Waals surface area contributed by atoms with E-state index in [2.05, 4.69) is 19.7 Å². The number of para-hydroxylation sites is 2. The summed E-state index contributed by atoms with van der Waals surface area (Å²) in [7, 11) is 0. The standard InChI is InChI=1S/C17H16F3N3O2S/c18-17(19,20)11-24-7-8-25-13-5-6-21-12(9-13)10-26-16-22-14-3-1-2-4-15(14)23-16/h1-6,9H,7-8,10-11H2,(H,22,23). The van der Waals surface area contributed by atoms with Gasteiger partial charge < -0.3 is 14.5 Å². The van der Waals surface area contributed by atoms with Crippen LogP contribution in [-0.2, 0) is 10.5 Å². The van der Waals surface area contributed by atoms with Gasteiger partial charge in [0.15, 0.2) is 5.16 Å². The first-order valence-electron chi connectivity index (χ1n) is 7.79. The van der Waals surface area contributed by atoms with Crippen molar-refractivity contribution in [3.05, 3.63) is 48.3 Å². The average molecular weight is 383 g/mol. The third-order valence-electron chi connectivity index (χ3n) is 3.27. The number of H-pyrrole nitrogens is 1. The molecule has 138 valence electrons. The number of aromatic nitrogens is 3. The minimum atomic E-state index is -4.32. The van der Waals surface area contributed by atoms with E-state index in [9.17, 15) is 13.2 Å². The highest BCUT2D eigenvalue weighted by molar-refractivity contribution is 7.98. The van der Waals surface area contributed by atoms with Crippen molar-refractivity contribution < 1.29 is 22.6 Å². The molecule has 1 aromatic carbocycles. The SMILES string of the molecule is FC(F)(F)COCCOc1ccnc(CSc2nc3ccccc3[nH]2)c1. The Balaban J connectivity index is 1.47. The molecular formula is C17H16F3N3O2S. The molecule has 0 aliphatic rings. The summed E-state index contributed by atoms with van der Waals surface area (Å²) in [5.74, 6) is 1.12. The van der Waals surface area contributed by atoms with Crippen LogP contribution in [0.15, 0.2) is 47.8 Å². The molecule has 2 heterocycles. The Hall–Kier alpha value is -2.26.